The Hall–Kier alpha value is -4.48. The molecule has 3 fully saturated rings. The summed E-state index contributed by atoms with van der Waals surface area (Å²) in [5.74, 6) is -1.16. The maximum atomic E-state index is 16.9. The second-order valence-corrected chi connectivity index (χ2v) is 13.8. The molecule has 3 saturated heterocycles. The topological polar surface area (TPSA) is 125 Å². The lowest BCUT2D eigenvalue weighted by atomic mass is 9.95. The lowest BCUT2D eigenvalue weighted by Gasteiger charge is -2.34. The Labute approximate surface area is 279 Å². The minimum absolute atomic E-state index is 0.0484. The number of nitrogens with two attached hydrogens (primary N) is 1. The van der Waals surface area contributed by atoms with Crippen LogP contribution in [-0.2, 0) is 4.79 Å². The summed E-state index contributed by atoms with van der Waals surface area (Å²) in [6.45, 7) is 9.81. The van der Waals surface area contributed by atoms with E-state index in [1.165, 1.54) is 24.4 Å². The standard InChI is InChI=1S/C34H35F3N8O2S/c1-4-25(46)45-12-9-24(18(45)3)44(5-2)32-22-15-40-28(20-7-8-23(36)30-26(20)21(14-38)31(39)48-30)27(37)29(22)41-33(42-32)47-17-34-10-6-11-43(34)16-19(35)13-34/h4,7-8,15,18-19,24H,1,5-6,9-13,16-17,39H2,2-3H3/t18-,19-,24?,34+/m1/s1. The van der Waals surface area contributed by atoms with Crippen LogP contribution >= 0.6 is 11.3 Å². The molecule has 250 valence electrons. The van der Waals surface area contributed by atoms with E-state index in [-0.39, 0.29) is 68.0 Å². The number of likely N-dealkylation sites (N-methyl/N-ethyl adjacent to an activating group) is 1. The van der Waals surface area contributed by atoms with Crippen LogP contribution in [0.5, 0.6) is 6.01 Å². The number of amides is 1. The highest BCUT2D eigenvalue weighted by atomic mass is 32.1. The number of aromatic nitrogens is 3. The minimum atomic E-state index is -0.953. The lowest BCUT2D eigenvalue weighted by Crippen LogP contribution is -2.45. The first-order chi connectivity index (χ1) is 23.1. The molecule has 48 heavy (non-hydrogen) atoms. The summed E-state index contributed by atoms with van der Waals surface area (Å²) in [5, 5.41) is 10.5. The molecule has 3 aliphatic heterocycles. The molecule has 4 aromatic rings. The monoisotopic (exact) mass is 676 g/mol. The lowest BCUT2D eigenvalue weighted by molar-refractivity contribution is -0.126. The number of thiophene rings is 1. The van der Waals surface area contributed by atoms with Crippen molar-refractivity contribution in [2.45, 2.75) is 63.3 Å². The molecule has 4 atom stereocenters. The maximum Gasteiger partial charge on any atom is 0.319 e. The molecule has 10 nitrogen and oxygen atoms in total. The number of fused-ring (bicyclic) bond motifs is 3. The molecule has 0 radical (unpaired) electrons. The van der Waals surface area contributed by atoms with E-state index in [1.807, 2.05) is 24.8 Å². The molecular formula is C34H35F3N8O2S. The molecule has 0 bridgehead atoms. The second-order valence-electron chi connectivity index (χ2n) is 12.7. The molecule has 6 heterocycles. The smallest absolute Gasteiger partial charge is 0.319 e. The zero-order chi connectivity index (χ0) is 33.9. The quantitative estimate of drug-likeness (QED) is 0.238. The number of pyridine rings is 1. The number of halogens is 3. The van der Waals surface area contributed by atoms with E-state index < -0.39 is 23.3 Å². The van der Waals surface area contributed by atoms with Crippen molar-refractivity contribution in [2.75, 3.05) is 43.4 Å². The number of likely N-dealkylation sites (tertiary alicyclic amines) is 1. The average Bonchev–Trinajstić information content (AvgIpc) is 3.82. The third kappa shape index (κ3) is 5.02. The van der Waals surface area contributed by atoms with Crippen LogP contribution in [0.4, 0.5) is 24.0 Å². The van der Waals surface area contributed by atoms with Gasteiger partial charge < -0.3 is 20.3 Å². The van der Waals surface area contributed by atoms with Crippen LogP contribution < -0.4 is 15.4 Å². The van der Waals surface area contributed by atoms with Gasteiger partial charge in [0.1, 0.15) is 46.7 Å². The van der Waals surface area contributed by atoms with Crippen LogP contribution in [0.15, 0.2) is 31.0 Å². The van der Waals surface area contributed by atoms with Gasteiger partial charge in [-0.25, -0.2) is 13.2 Å². The number of nitrogens with zero attached hydrogens (tertiary/aromatic N) is 7. The van der Waals surface area contributed by atoms with Crippen molar-refractivity contribution in [1.82, 2.24) is 24.8 Å². The molecule has 1 amide bonds. The number of hydrogen-bond donors (Lipinski definition) is 1. The number of ether oxygens (including phenoxy) is 1. The number of anilines is 2. The van der Waals surface area contributed by atoms with Crippen LogP contribution in [-0.4, -0.2) is 87.2 Å². The Morgan fingerprint density at radius 1 is 1.33 bits per heavy atom. The fraction of sp³-hybridized carbons (Fsp3) is 0.441. The van der Waals surface area contributed by atoms with Crippen molar-refractivity contribution >= 4 is 49.1 Å². The van der Waals surface area contributed by atoms with Crippen molar-refractivity contribution in [3.8, 4) is 23.3 Å². The fourth-order valence-electron chi connectivity index (χ4n) is 7.95. The fourth-order valence-corrected chi connectivity index (χ4v) is 8.90. The van der Waals surface area contributed by atoms with Crippen LogP contribution in [0, 0.1) is 23.0 Å². The van der Waals surface area contributed by atoms with E-state index in [4.69, 9.17) is 15.5 Å². The molecule has 1 aromatic carbocycles. The zero-order valence-electron chi connectivity index (χ0n) is 26.7. The Bertz CT molecular complexity index is 2000. The van der Waals surface area contributed by atoms with Gasteiger partial charge in [-0.1, -0.05) is 6.58 Å². The number of benzene rings is 1. The number of nitrogen functional groups attached to an aromatic ring is 1. The van der Waals surface area contributed by atoms with Crippen LogP contribution in [0.1, 0.15) is 45.1 Å². The average molecular weight is 677 g/mol. The molecular weight excluding hydrogens is 641 g/mol. The molecule has 2 N–H and O–H groups in total. The molecule has 1 unspecified atom stereocenters. The normalized spacial score (nSPS) is 23.9. The van der Waals surface area contributed by atoms with E-state index in [1.54, 1.807) is 4.90 Å². The minimum Gasteiger partial charge on any atom is -0.461 e. The predicted molar refractivity (Wildman–Crippen MR) is 179 cm³/mol. The van der Waals surface area contributed by atoms with Gasteiger partial charge in [0.2, 0.25) is 5.91 Å². The first kappa shape index (κ1) is 32.1. The number of rotatable bonds is 8. The maximum absolute atomic E-state index is 16.9. The summed E-state index contributed by atoms with van der Waals surface area (Å²) in [5.41, 5.74) is 5.62. The van der Waals surface area contributed by atoms with Gasteiger partial charge in [-0.05, 0) is 57.9 Å². The Balaban J connectivity index is 1.37. The summed E-state index contributed by atoms with van der Waals surface area (Å²) in [4.78, 5) is 32.3. The first-order valence-corrected chi connectivity index (χ1v) is 16.9. The summed E-state index contributed by atoms with van der Waals surface area (Å²) in [7, 11) is 0. The van der Waals surface area contributed by atoms with Gasteiger partial charge in [-0.15, -0.1) is 11.3 Å². The highest BCUT2D eigenvalue weighted by Gasteiger charge is 2.49. The van der Waals surface area contributed by atoms with Crippen LogP contribution in [0.25, 0.3) is 32.2 Å². The summed E-state index contributed by atoms with van der Waals surface area (Å²) in [6, 6.07) is 4.17. The zero-order valence-corrected chi connectivity index (χ0v) is 27.5. The first-order valence-electron chi connectivity index (χ1n) is 16.1. The predicted octanol–water partition coefficient (Wildman–Crippen LogP) is 5.60. The van der Waals surface area contributed by atoms with E-state index in [0.717, 1.165) is 30.7 Å². The van der Waals surface area contributed by atoms with E-state index in [9.17, 15) is 18.8 Å². The van der Waals surface area contributed by atoms with Crippen LogP contribution in [0.3, 0.4) is 0 Å². The third-order valence-corrected chi connectivity index (χ3v) is 11.3. The van der Waals surface area contributed by atoms with Gasteiger partial charge in [0.25, 0.3) is 0 Å². The molecule has 0 saturated carbocycles. The number of nitriles is 1. The van der Waals surface area contributed by atoms with E-state index >= 15 is 4.39 Å². The Morgan fingerprint density at radius 3 is 2.90 bits per heavy atom. The van der Waals surface area contributed by atoms with Crippen molar-refractivity contribution < 1.29 is 22.7 Å². The molecule has 3 aromatic heterocycles. The van der Waals surface area contributed by atoms with E-state index in [0.29, 0.717) is 43.7 Å². The molecule has 14 heteroatoms. The largest absolute Gasteiger partial charge is 0.461 e. The Kier molecular flexibility index (Phi) is 8.15. The highest BCUT2D eigenvalue weighted by Crippen LogP contribution is 2.43. The number of hydrogen-bond acceptors (Lipinski definition) is 10. The van der Waals surface area contributed by atoms with Gasteiger partial charge in [0.05, 0.1) is 27.2 Å². The number of carbonyl (C=O) groups is 1. The van der Waals surface area contributed by atoms with Gasteiger partial charge in [-0.3, -0.25) is 14.7 Å². The summed E-state index contributed by atoms with van der Waals surface area (Å²) in [6.07, 6.45) is 4.50. The molecule has 0 aliphatic carbocycles. The number of carbonyl (C=O) groups excluding carboxylic acids is 1. The van der Waals surface area contributed by atoms with Gasteiger partial charge in [0, 0.05) is 49.2 Å². The van der Waals surface area contributed by atoms with Crippen molar-refractivity contribution in [3.05, 3.63) is 48.2 Å². The molecule has 7 rings (SSSR count). The Morgan fingerprint density at radius 2 is 2.15 bits per heavy atom. The van der Waals surface area contributed by atoms with Gasteiger partial charge in [-0.2, -0.15) is 15.2 Å². The number of alkyl halides is 1. The van der Waals surface area contributed by atoms with Crippen molar-refractivity contribution in [2.24, 2.45) is 0 Å². The summed E-state index contributed by atoms with van der Waals surface area (Å²) >= 11 is 0.917. The third-order valence-electron chi connectivity index (χ3n) is 10.2. The van der Waals surface area contributed by atoms with Crippen molar-refractivity contribution in [1.29, 1.82) is 5.26 Å². The van der Waals surface area contributed by atoms with Gasteiger partial charge in [0.15, 0.2) is 5.82 Å². The second kappa shape index (κ2) is 12.2. The van der Waals surface area contributed by atoms with Crippen LogP contribution in [0.2, 0.25) is 0 Å². The highest BCUT2D eigenvalue weighted by molar-refractivity contribution is 7.23. The van der Waals surface area contributed by atoms with Gasteiger partial charge >= 0.3 is 6.01 Å². The van der Waals surface area contributed by atoms with Crippen molar-refractivity contribution in [3.63, 3.8) is 0 Å². The summed E-state index contributed by atoms with van der Waals surface area (Å²) < 4.78 is 52.6. The van der Waals surface area contributed by atoms with E-state index in [2.05, 4.69) is 21.4 Å². The molecule has 3 aliphatic rings. The molecule has 0 spiro atoms. The SMILES string of the molecule is C=CC(=O)N1CCC(N(CC)c2nc(OC[C@@]34CCCN3C[C@H](F)C4)nc3c(F)c(-c4ccc(F)c5sc(N)c(C#N)c45)ncc23)[C@H]1C.